The molecule has 1 N–H and O–H groups in total. The highest BCUT2D eigenvalue weighted by Gasteiger charge is 2.19. The predicted octanol–water partition coefficient (Wildman–Crippen LogP) is 6.17. The van der Waals surface area contributed by atoms with Crippen molar-refractivity contribution >= 4 is 33.8 Å². The molecule has 1 aliphatic rings. The molecule has 4 rings (SSSR count). The number of hydrogen-bond donors (Lipinski definition) is 1. The molecule has 1 aliphatic heterocycles. The van der Waals surface area contributed by atoms with E-state index in [1.807, 2.05) is 30.3 Å². The molecule has 0 saturated heterocycles. The van der Waals surface area contributed by atoms with Gasteiger partial charge in [0.15, 0.2) is 5.17 Å². The molecular weight excluding hydrogens is 356 g/mol. The van der Waals surface area contributed by atoms with Gasteiger partial charge in [-0.25, -0.2) is 4.99 Å². The summed E-state index contributed by atoms with van der Waals surface area (Å²) >= 11 is 3.27. The van der Waals surface area contributed by atoms with Crippen molar-refractivity contribution in [3.8, 4) is 0 Å². The zero-order valence-corrected chi connectivity index (χ0v) is 15.7. The maximum atomic E-state index is 4.91. The Morgan fingerprint density at radius 1 is 0.769 bits per heavy atom. The summed E-state index contributed by atoms with van der Waals surface area (Å²) in [6.45, 7) is 0. The van der Waals surface area contributed by atoms with E-state index in [0.29, 0.717) is 0 Å². The minimum absolute atomic E-state index is 0.0199. The van der Waals surface area contributed by atoms with Gasteiger partial charge >= 0.3 is 0 Å². The van der Waals surface area contributed by atoms with Crippen LogP contribution in [0.25, 0.3) is 4.91 Å². The van der Waals surface area contributed by atoms with Crippen molar-refractivity contribution in [2.24, 2.45) is 4.99 Å². The van der Waals surface area contributed by atoms with Crippen LogP contribution >= 0.6 is 23.7 Å². The average molecular weight is 375 g/mol. The lowest BCUT2D eigenvalue weighted by Gasteiger charge is -2.21. The molecule has 2 nitrogen and oxygen atoms in total. The second-order valence-corrected chi connectivity index (χ2v) is 7.72. The summed E-state index contributed by atoms with van der Waals surface area (Å²) in [6.07, 6.45) is 2.24. The quantitative estimate of drug-likeness (QED) is 0.553. The molecule has 4 heteroatoms. The Hall–Kier alpha value is -2.43. The van der Waals surface area contributed by atoms with E-state index in [1.165, 1.54) is 20.9 Å². The summed E-state index contributed by atoms with van der Waals surface area (Å²) in [5, 5.41) is 0.925. The van der Waals surface area contributed by atoms with Crippen molar-refractivity contribution in [1.82, 2.24) is 4.72 Å². The largest absolute Gasteiger partial charge is 0.305 e. The third kappa shape index (κ3) is 4.21. The van der Waals surface area contributed by atoms with Gasteiger partial charge in [-0.2, -0.15) is 0 Å². The van der Waals surface area contributed by atoms with Crippen LogP contribution in [0.15, 0.2) is 107 Å². The molecule has 0 aromatic heterocycles. The topological polar surface area (TPSA) is 24.4 Å². The fourth-order valence-electron chi connectivity index (χ4n) is 2.69. The van der Waals surface area contributed by atoms with Gasteiger partial charge < -0.3 is 4.72 Å². The van der Waals surface area contributed by atoms with Crippen molar-refractivity contribution in [1.29, 1.82) is 0 Å². The van der Waals surface area contributed by atoms with E-state index in [4.69, 9.17) is 4.99 Å². The van der Waals surface area contributed by atoms with Gasteiger partial charge in [-0.1, -0.05) is 90.6 Å². The number of thioether (sulfide) groups is 1. The highest BCUT2D eigenvalue weighted by molar-refractivity contribution is 8.22. The Balaban J connectivity index is 1.60. The molecular formula is C22H18N2S2. The molecule has 0 bridgehead atoms. The van der Waals surface area contributed by atoms with Crippen LogP contribution in [-0.4, -0.2) is 5.17 Å². The third-order valence-corrected chi connectivity index (χ3v) is 5.90. The van der Waals surface area contributed by atoms with Gasteiger partial charge in [0.25, 0.3) is 0 Å². The van der Waals surface area contributed by atoms with Crippen LogP contribution in [0.2, 0.25) is 0 Å². The average Bonchev–Trinajstić information content (AvgIpc) is 2.74. The highest BCUT2D eigenvalue weighted by Crippen LogP contribution is 2.38. The molecule has 3 aromatic rings. The van der Waals surface area contributed by atoms with Gasteiger partial charge in [0, 0.05) is 9.80 Å². The first-order valence-electron chi connectivity index (χ1n) is 8.44. The van der Waals surface area contributed by atoms with Crippen LogP contribution < -0.4 is 4.72 Å². The van der Waals surface area contributed by atoms with Crippen LogP contribution in [0.1, 0.15) is 17.2 Å². The van der Waals surface area contributed by atoms with E-state index in [2.05, 4.69) is 71.5 Å². The van der Waals surface area contributed by atoms with Crippen LogP contribution in [0.4, 0.5) is 0 Å². The van der Waals surface area contributed by atoms with Crippen molar-refractivity contribution in [3.05, 3.63) is 108 Å². The van der Waals surface area contributed by atoms with Crippen molar-refractivity contribution in [2.45, 2.75) is 10.9 Å². The zero-order valence-electron chi connectivity index (χ0n) is 14.1. The highest BCUT2D eigenvalue weighted by atomic mass is 32.2. The summed E-state index contributed by atoms with van der Waals surface area (Å²) in [7, 11) is 0. The lowest BCUT2D eigenvalue weighted by molar-refractivity contribution is 0.913. The number of rotatable bonds is 4. The summed E-state index contributed by atoms with van der Waals surface area (Å²) in [6, 6.07) is 31.2. The Kier molecular flexibility index (Phi) is 5.43. The molecule has 1 heterocycles. The number of nitrogens with zero attached hydrogens (tertiary/aromatic N) is 1. The molecule has 128 valence electrons. The number of benzene rings is 3. The fraction of sp³-hybridized carbons (Fsp3) is 0.0455. The summed E-state index contributed by atoms with van der Waals surface area (Å²) < 4.78 is 3.43. The molecule has 0 radical (unpaired) electrons. The normalized spacial score (nSPS) is 16.5. The summed E-state index contributed by atoms with van der Waals surface area (Å²) in [5.41, 5.74) is 2.42. The molecule has 0 aliphatic carbocycles. The number of nitrogens with one attached hydrogen (secondary N) is 1. The van der Waals surface area contributed by atoms with Crippen molar-refractivity contribution in [2.75, 3.05) is 0 Å². The van der Waals surface area contributed by atoms with Crippen LogP contribution in [-0.2, 0) is 0 Å². The molecule has 0 amide bonds. The SMILES string of the molecule is C1=C(c2ccccc2)SC(NSc2ccccc2)=NC1c1ccccc1. The number of aliphatic imine (C=N–C) groups is 1. The van der Waals surface area contributed by atoms with Gasteiger partial charge in [-0.15, -0.1) is 0 Å². The van der Waals surface area contributed by atoms with Gasteiger partial charge in [-0.3, -0.25) is 0 Å². The first-order valence-corrected chi connectivity index (χ1v) is 10.1. The summed E-state index contributed by atoms with van der Waals surface area (Å²) in [5.74, 6) is 0. The first-order chi connectivity index (χ1) is 12.9. The van der Waals surface area contributed by atoms with E-state index in [0.717, 1.165) is 5.17 Å². The van der Waals surface area contributed by atoms with E-state index in [-0.39, 0.29) is 6.04 Å². The van der Waals surface area contributed by atoms with Crippen molar-refractivity contribution in [3.63, 3.8) is 0 Å². The van der Waals surface area contributed by atoms with E-state index in [9.17, 15) is 0 Å². The molecule has 1 unspecified atom stereocenters. The lowest BCUT2D eigenvalue weighted by Crippen LogP contribution is -2.16. The van der Waals surface area contributed by atoms with Gasteiger partial charge in [0.1, 0.15) is 0 Å². The Morgan fingerprint density at radius 2 is 1.38 bits per heavy atom. The summed E-state index contributed by atoms with van der Waals surface area (Å²) in [4.78, 5) is 7.31. The predicted molar refractivity (Wildman–Crippen MR) is 114 cm³/mol. The number of hydrogen-bond acceptors (Lipinski definition) is 4. The standard InChI is InChI=1S/C22H18N2S2/c1-4-10-17(11-5-1)20-16-21(18-12-6-2-7-13-18)25-22(23-20)24-26-19-14-8-3-9-15-19/h1-16,20H,(H,23,24). The minimum Gasteiger partial charge on any atom is -0.305 e. The smallest absolute Gasteiger partial charge is 0.172 e. The third-order valence-electron chi connectivity index (χ3n) is 3.97. The molecule has 1 atom stereocenters. The second kappa shape index (κ2) is 8.30. The Morgan fingerprint density at radius 3 is 2.08 bits per heavy atom. The maximum Gasteiger partial charge on any atom is 0.172 e. The Labute approximate surface area is 162 Å². The molecule has 0 fully saturated rings. The molecule has 0 saturated carbocycles. The van der Waals surface area contributed by atoms with Crippen molar-refractivity contribution < 1.29 is 0 Å². The zero-order chi connectivity index (χ0) is 17.6. The van der Waals surface area contributed by atoms with Gasteiger partial charge in [0.05, 0.1) is 6.04 Å². The molecule has 26 heavy (non-hydrogen) atoms. The maximum absolute atomic E-state index is 4.91. The Bertz CT molecular complexity index is 907. The second-order valence-electron chi connectivity index (χ2n) is 5.81. The van der Waals surface area contributed by atoms with Gasteiger partial charge in [0.2, 0.25) is 0 Å². The van der Waals surface area contributed by atoms with E-state index in [1.54, 1.807) is 23.7 Å². The number of amidine groups is 1. The van der Waals surface area contributed by atoms with Crippen LogP contribution in [0.3, 0.4) is 0 Å². The van der Waals surface area contributed by atoms with Gasteiger partial charge in [-0.05, 0) is 41.3 Å². The van der Waals surface area contributed by atoms with Crippen LogP contribution in [0.5, 0.6) is 0 Å². The van der Waals surface area contributed by atoms with Crippen LogP contribution in [0, 0.1) is 0 Å². The van der Waals surface area contributed by atoms with E-state index < -0.39 is 0 Å². The molecule has 0 spiro atoms. The fourth-order valence-corrected chi connectivity index (χ4v) is 4.36. The first kappa shape index (κ1) is 17.0. The van der Waals surface area contributed by atoms with E-state index >= 15 is 0 Å². The lowest BCUT2D eigenvalue weighted by atomic mass is 10.1. The minimum atomic E-state index is 0.0199. The monoisotopic (exact) mass is 374 g/mol. The molecule has 3 aromatic carbocycles.